The van der Waals surface area contributed by atoms with Gasteiger partial charge in [-0.05, 0) is 37.6 Å². The summed E-state index contributed by atoms with van der Waals surface area (Å²) in [5.41, 5.74) is 2.81. The molecule has 106 valence electrons. The number of anilines is 1. The Morgan fingerprint density at radius 2 is 2.11 bits per heavy atom. The molecule has 1 atom stereocenters. The lowest BCUT2D eigenvalue weighted by Crippen LogP contribution is -2.34. The summed E-state index contributed by atoms with van der Waals surface area (Å²) in [6.45, 7) is 7.88. The first-order valence-electron chi connectivity index (χ1n) is 7.08. The minimum atomic E-state index is 0.414. The molecule has 1 aliphatic rings. The Kier molecular flexibility index (Phi) is 6.05. The summed E-state index contributed by atoms with van der Waals surface area (Å²) in [6, 6.07) is 7.10. The molecule has 2 rings (SSSR count). The molecule has 0 amide bonds. The first-order valence-corrected chi connectivity index (χ1v) is 9.02. The van der Waals surface area contributed by atoms with Crippen molar-refractivity contribution in [2.24, 2.45) is 0 Å². The zero-order valence-electron chi connectivity index (χ0n) is 11.8. The van der Waals surface area contributed by atoms with E-state index in [1.807, 2.05) is 0 Å². The molecule has 2 nitrogen and oxygen atoms in total. The van der Waals surface area contributed by atoms with E-state index in [9.17, 15) is 0 Å². The number of rotatable bonds is 5. The molecule has 0 aliphatic carbocycles. The molecule has 0 aromatic heterocycles. The van der Waals surface area contributed by atoms with Gasteiger partial charge >= 0.3 is 0 Å². The first kappa shape index (κ1) is 15.2. The predicted octanol–water partition coefficient (Wildman–Crippen LogP) is 4.06. The number of nitrogens with one attached hydrogen (secondary N) is 1. The molecule has 0 spiro atoms. The molecule has 0 bridgehead atoms. The highest BCUT2D eigenvalue weighted by Gasteiger charge is 2.17. The fourth-order valence-corrected chi connectivity index (χ4v) is 3.68. The molecule has 1 saturated heterocycles. The highest BCUT2D eigenvalue weighted by Crippen LogP contribution is 2.31. The Bertz CT molecular complexity index is 405. The summed E-state index contributed by atoms with van der Waals surface area (Å²) in [5, 5.41) is 3.60. The normalized spacial score (nSPS) is 17.5. The third-order valence-corrected chi connectivity index (χ3v) is 4.95. The van der Waals surface area contributed by atoms with Crippen LogP contribution in [0, 0.1) is 0 Å². The van der Waals surface area contributed by atoms with Gasteiger partial charge in [0.25, 0.3) is 0 Å². The Hall–Kier alpha value is -0.190. The number of thioether (sulfide) groups is 1. The molecule has 4 heteroatoms. The van der Waals surface area contributed by atoms with Crippen LogP contribution < -0.4 is 10.2 Å². The summed E-state index contributed by atoms with van der Waals surface area (Å²) >= 11 is 5.67. The lowest BCUT2D eigenvalue weighted by molar-refractivity contribution is 0.569. The number of benzene rings is 1. The second-order valence-electron chi connectivity index (χ2n) is 4.98. The van der Waals surface area contributed by atoms with Crippen LogP contribution in [-0.2, 0) is 0 Å². The van der Waals surface area contributed by atoms with Crippen LogP contribution in [0.4, 0.5) is 5.69 Å². The quantitative estimate of drug-likeness (QED) is 0.868. The maximum Gasteiger partial charge on any atom is 0.0426 e. The van der Waals surface area contributed by atoms with Gasteiger partial charge in [-0.2, -0.15) is 11.8 Å². The van der Waals surface area contributed by atoms with Gasteiger partial charge in [-0.25, -0.2) is 0 Å². The molecule has 19 heavy (non-hydrogen) atoms. The zero-order valence-corrected chi connectivity index (χ0v) is 14.2. The van der Waals surface area contributed by atoms with Gasteiger partial charge in [0.15, 0.2) is 0 Å². The molecule has 0 radical (unpaired) electrons. The molecule has 1 aromatic rings. The third kappa shape index (κ3) is 4.14. The average Bonchev–Trinajstić information content (AvgIpc) is 2.45. The van der Waals surface area contributed by atoms with E-state index in [4.69, 9.17) is 0 Å². The molecule has 1 unspecified atom stereocenters. The van der Waals surface area contributed by atoms with Crippen LogP contribution in [0.5, 0.6) is 0 Å². The lowest BCUT2D eigenvalue weighted by Gasteiger charge is -2.32. The van der Waals surface area contributed by atoms with E-state index in [-0.39, 0.29) is 0 Å². The van der Waals surface area contributed by atoms with E-state index in [1.54, 1.807) is 0 Å². The van der Waals surface area contributed by atoms with Gasteiger partial charge in [0.2, 0.25) is 0 Å². The van der Waals surface area contributed by atoms with Crippen molar-refractivity contribution >= 4 is 33.4 Å². The highest BCUT2D eigenvalue weighted by atomic mass is 79.9. The fourth-order valence-electron chi connectivity index (χ4n) is 2.43. The minimum Gasteiger partial charge on any atom is -0.370 e. The van der Waals surface area contributed by atoms with Crippen LogP contribution in [0.25, 0.3) is 0 Å². The van der Waals surface area contributed by atoms with Crippen molar-refractivity contribution in [3.05, 3.63) is 28.2 Å². The van der Waals surface area contributed by atoms with Crippen LogP contribution >= 0.6 is 27.7 Å². The molecule has 0 saturated carbocycles. The van der Waals surface area contributed by atoms with E-state index >= 15 is 0 Å². The van der Waals surface area contributed by atoms with Crippen molar-refractivity contribution in [2.75, 3.05) is 36.0 Å². The molecule has 1 fully saturated rings. The molecule has 1 aromatic carbocycles. The Morgan fingerprint density at radius 1 is 1.37 bits per heavy atom. The van der Waals surface area contributed by atoms with Gasteiger partial charge in [-0.1, -0.05) is 28.9 Å². The largest absolute Gasteiger partial charge is 0.370 e. The minimum absolute atomic E-state index is 0.414. The van der Waals surface area contributed by atoms with Crippen LogP contribution in [0.2, 0.25) is 0 Å². The van der Waals surface area contributed by atoms with Crippen molar-refractivity contribution in [2.45, 2.75) is 26.3 Å². The van der Waals surface area contributed by atoms with Gasteiger partial charge in [-0.3, -0.25) is 0 Å². The molecule has 1 N–H and O–H groups in total. The summed E-state index contributed by atoms with van der Waals surface area (Å²) in [7, 11) is 0. The van der Waals surface area contributed by atoms with E-state index in [0.29, 0.717) is 6.04 Å². The zero-order chi connectivity index (χ0) is 13.7. The number of hydrogen-bond acceptors (Lipinski definition) is 3. The monoisotopic (exact) mass is 342 g/mol. The molecular formula is C15H23BrN2S. The Balaban J connectivity index is 2.21. The van der Waals surface area contributed by atoms with Gasteiger partial charge < -0.3 is 10.2 Å². The standard InChI is InChI=1S/C15H23BrN2S/c1-3-6-17-12(2)14-5-4-13(16)11-15(14)18-7-9-19-10-8-18/h4-5,11-12,17H,3,6-10H2,1-2H3. The topological polar surface area (TPSA) is 15.3 Å². The van der Waals surface area contributed by atoms with Crippen molar-refractivity contribution in [3.8, 4) is 0 Å². The van der Waals surface area contributed by atoms with Gasteiger partial charge in [0.05, 0.1) is 0 Å². The van der Waals surface area contributed by atoms with Crippen molar-refractivity contribution in [1.82, 2.24) is 5.32 Å². The third-order valence-electron chi connectivity index (χ3n) is 3.51. The molecular weight excluding hydrogens is 320 g/mol. The smallest absolute Gasteiger partial charge is 0.0426 e. The second-order valence-corrected chi connectivity index (χ2v) is 7.12. The highest BCUT2D eigenvalue weighted by molar-refractivity contribution is 9.10. The van der Waals surface area contributed by atoms with Crippen LogP contribution in [0.1, 0.15) is 31.9 Å². The van der Waals surface area contributed by atoms with Crippen molar-refractivity contribution in [3.63, 3.8) is 0 Å². The molecule has 1 aliphatic heterocycles. The Morgan fingerprint density at radius 3 is 2.79 bits per heavy atom. The maximum absolute atomic E-state index is 3.61. The second kappa shape index (κ2) is 7.55. The van der Waals surface area contributed by atoms with Crippen LogP contribution in [-0.4, -0.2) is 31.1 Å². The summed E-state index contributed by atoms with van der Waals surface area (Å²) < 4.78 is 1.17. The van der Waals surface area contributed by atoms with Gasteiger partial charge in [-0.15, -0.1) is 0 Å². The fraction of sp³-hybridized carbons (Fsp3) is 0.600. The van der Waals surface area contributed by atoms with Gasteiger partial charge in [0.1, 0.15) is 0 Å². The number of nitrogens with zero attached hydrogens (tertiary/aromatic N) is 1. The summed E-state index contributed by atoms with van der Waals surface area (Å²) in [4.78, 5) is 2.53. The van der Waals surface area contributed by atoms with Crippen molar-refractivity contribution in [1.29, 1.82) is 0 Å². The lowest BCUT2D eigenvalue weighted by atomic mass is 10.0. The van der Waals surface area contributed by atoms with E-state index in [0.717, 1.165) is 19.6 Å². The SMILES string of the molecule is CCCNC(C)c1ccc(Br)cc1N1CCSCC1. The van der Waals surface area contributed by atoms with Crippen molar-refractivity contribution < 1.29 is 0 Å². The van der Waals surface area contributed by atoms with Crippen LogP contribution in [0.15, 0.2) is 22.7 Å². The summed E-state index contributed by atoms with van der Waals surface area (Å²) in [5.74, 6) is 2.48. The summed E-state index contributed by atoms with van der Waals surface area (Å²) in [6.07, 6.45) is 1.18. The predicted molar refractivity (Wildman–Crippen MR) is 90.4 cm³/mol. The Labute approximate surface area is 129 Å². The average molecular weight is 343 g/mol. The first-order chi connectivity index (χ1) is 9.22. The van der Waals surface area contributed by atoms with E-state index in [1.165, 1.54) is 33.7 Å². The van der Waals surface area contributed by atoms with E-state index in [2.05, 4.69) is 70.0 Å². The number of halogens is 1. The molecule has 1 heterocycles. The number of hydrogen-bond donors (Lipinski definition) is 1. The van der Waals surface area contributed by atoms with E-state index < -0.39 is 0 Å². The van der Waals surface area contributed by atoms with Gasteiger partial charge in [0, 0.05) is 40.8 Å². The van der Waals surface area contributed by atoms with Crippen LogP contribution in [0.3, 0.4) is 0 Å². The maximum atomic E-state index is 3.61.